The van der Waals surface area contributed by atoms with E-state index in [0.29, 0.717) is 6.04 Å². The fraction of sp³-hybridized carbons (Fsp3) is 0.667. The number of hydrogen-bond acceptors (Lipinski definition) is 3. The standard InChI is InChI=1S/C15H25N3S/c1-4-5-6-7-8-12(2)16-11-14-13(3)17-15-18(14)9-10-19-15/h9-10,12,16H,4-8,11H2,1-3H3. The molecule has 0 bridgehead atoms. The maximum absolute atomic E-state index is 4.58. The lowest BCUT2D eigenvalue weighted by molar-refractivity contribution is 0.478. The molecule has 0 saturated heterocycles. The van der Waals surface area contributed by atoms with Crippen LogP contribution in [0.2, 0.25) is 0 Å². The quantitative estimate of drug-likeness (QED) is 0.735. The van der Waals surface area contributed by atoms with Crippen LogP contribution in [0, 0.1) is 6.92 Å². The third-order valence-electron chi connectivity index (χ3n) is 3.67. The highest BCUT2D eigenvalue weighted by Crippen LogP contribution is 2.17. The normalized spacial score (nSPS) is 13.2. The third-order valence-corrected chi connectivity index (χ3v) is 4.43. The summed E-state index contributed by atoms with van der Waals surface area (Å²) in [7, 11) is 0. The van der Waals surface area contributed by atoms with E-state index < -0.39 is 0 Å². The van der Waals surface area contributed by atoms with Crippen molar-refractivity contribution in [3.63, 3.8) is 0 Å². The molecule has 4 heteroatoms. The average molecular weight is 279 g/mol. The van der Waals surface area contributed by atoms with E-state index in [4.69, 9.17) is 0 Å². The Morgan fingerprint density at radius 2 is 2.21 bits per heavy atom. The van der Waals surface area contributed by atoms with Gasteiger partial charge in [0.15, 0.2) is 4.96 Å². The zero-order valence-electron chi connectivity index (χ0n) is 12.3. The number of hydrogen-bond donors (Lipinski definition) is 1. The fourth-order valence-corrected chi connectivity index (χ4v) is 3.18. The van der Waals surface area contributed by atoms with Crippen LogP contribution in [0.15, 0.2) is 11.6 Å². The molecule has 0 amide bonds. The molecule has 2 rings (SSSR count). The Bertz CT molecular complexity index is 500. The first-order valence-corrected chi connectivity index (χ1v) is 8.24. The third kappa shape index (κ3) is 3.80. The van der Waals surface area contributed by atoms with Crippen LogP contribution in [-0.2, 0) is 6.54 Å². The number of imidazole rings is 1. The molecular formula is C15H25N3S. The van der Waals surface area contributed by atoms with Gasteiger partial charge >= 0.3 is 0 Å². The first-order chi connectivity index (χ1) is 9.22. The van der Waals surface area contributed by atoms with Gasteiger partial charge in [-0.2, -0.15) is 0 Å². The second kappa shape index (κ2) is 7.06. The van der Waals surface area contributed by atoms with Crippen molar-refractivity contribution >= 4 is 16.3 Å². The molecule has 0 spiro atoms. The highest BCUT2D eigenvalue weighted by molar-refractivity contribution is 7.15. The van der Waals surface area contributed by atoms with Crippen molar-refractivity contribution in [2.45, 2.75) is 65.5 Å². The lowest BCUT2D eigenvalue weighted by Gasteiger charge is -2.13. The van der Waals surface area contributed by atoms with Crippen LogP contribution in [0.4, 0.5) is 0 Å². The number of nitrogens with zero attached hydrogens (tertiary/aromatic N) is 2. The molecule has 106 valence electrons. The van der Waals surface area contributed by atoms with Gasteiger partial charge in [-0.15, -0.1) is 11.3 Å². The van der Waals surface area contributed by atoms with Crippen molar-refractivity contribution in [1.29, 1.82) is 0 Å². The molecule has 0 aromatic carbocycles. The molecule has 1 unspecified atom stereocenters. The Labute approximate surface area is 120 Å². The van der Waals surface area contributed by atoms with Gasteiger partial charge in [-0.1, -0.05) is 32.6 Å². The number of rotatable bonds is 8. The summed E-state index contributed by atoms with van der Waals surface area (Å²) >= 11 is 1.70. The van der Waals surface area contributed by atoms with Crippen LogP contribution in [0.3, 0.4) is 0 Å². The van der Waals surface area contributed by atoms with E-state index in [1.165, 1.54) is 37.8 Å². The van der Waals surface area contributed by atoms with Gasteiger partial charge in [0.2, 0.25) is 0 Å². The molecule has 19 heavy (non-hydrogen) atoms. The van der Waals surface area contributed by atoms with E-state index in [1.807, 2.05) is 0 Å². The van der Waals surface area contributed by atoms with Crippen molar-refractivity contribution in [2.24, 2.45) is 0 Å². The molecule has 0 aliphatic rings. The van der Waals surface area contributed by atoms with E-state index in [1.54, 1.807) is 11.3 Å². The molecule has 2 aromatic heterocycles. The molecule has 1 atom stereocenters. The van der Waals surface area contributed by atoms with E-state index in [2.05, 4.69) is 47.0 Å². The van der Waals surface area contributed by atoms with Crippen molar-refractivity contribution < 1.29 is 0 Å². The lowest BCUT2D eigenvalue weighted by Crippen LogP contribution is -2.26. The molecule has 0 radical (unpaired) electrons. The predicted octanol–water partition coefficient (Wildman–Crippen LogP) is 4.15. The maximum Gasteiger partial charge on any atom is 0.194 e. The van der Waals surface area contributed by atoms with Crippen molar-refractivity contribution in [2.75, 3.05) is 0 Å². The number of nitrogens with one attached hydrogen (secondary N) is 1. The fourth-order valence-electron chi connectivity index (χ4n) is 2.40. The number of aromatic nitrogens is 2. The van der Waals surface area contributed by atoms with Crippen LogP contribution >= 0.6 is 11.3 Å². The SMILES string of the molecule is CCCCCCC(C)NCc1c(C)nc2sccn12. The van der Waals surface area contributed by atoms with Gasteiger partial charge in [0.1, 0.15) is 0 Å². The second-order valence-corrected chi connectivity index (χ2v) is 6.20. The second-order valence-electron chi connectivity index (χ2n) is 5.33. The summed E-state index contributed by atoms with van der Waals surface area (Å²) in [6.45, 7) is 7.56. The van der Waals surface area contributed by atoms with Crippen LogP contribution < -0.4 is 5.32 Å². The van der Waals surface area contributed by atoms with Gasteiger partial charge in [-0.05, 0) is 20.3 Å². The minimum Gasteiger partial charge on any atom is -0.309 e. The number of fused-ring (bicyclic) bond motifs is 1. The molecule has 3 nitrogen and oxygen atoms in total. The summed E-state index contributed by atoms with van der Waals surface area (Å²) in [6, 6.07) is 0.584. The highest BCUT2D eigenvalue weighted by atomic mass is 32.1. The van der Waals surface area contributed by atoms with Crippen molar-refractivity contribution in [3.05, 3.63) is 23.0 Å². The van der Waals surface area contributed by atoms with Crippen molar-refractivity contribution in [1.82, 2.24) is 14.7 Å². The van der Waals surface area contributed by atoms with Crippen LogP contribution in [0.5, 0.6) is 0 Å². The minimum atomic E-state index is 0.584. The predicted molar refractivity (Wildman–Crippen MR) is 82.9 cm³/mol. The van der Waals surface area contributed by atoms with Gasteiger partial charge in [-0.3, -0.25) is 4.40 Å². The minimum absolute atomic E-state index is 0.584. The molecular weight excluding hydrogens is 254 g/mol. The van der Waals surface area contributed by atoms with Gasteiger partial charge in [0.25, 0.3) is 0 Å². The first kappa shape index (κ1) is 14.5. The highest BCUT2D eigenvalue weighted by Gasteiger charge is 2.10. The number of unbranched alkanes of at least 4 members (excludes halogenated alkanes) is 3. The Kier molecular flexibility index (Phi) is 5.40. The van der Waals surface area contributed by atoms with E-state index in [-0.39, 0.29) is 0 Å². The van der Waals surface area contributed by atoms with Gasteiger partial charge in [-0.25, -0.2) is 4.98 Å². The number of thiazole rings is 1. The topological polar surface area (TPSA) is 29.3 Å². The van der Waals surface area contributed by atoms with Gasteiger partial charge in [0.05, 0.1) is 11.4 Å². The molecule has 2 aromatic rings. The number of aryl methyl sites for hydroxylation is 1. The molecule has 0 saturated carbocycles. The Morgan fingerprint density at radius 1 is 1.37 bits per heavy atom. The zero-order chi connectivity index (χ0) is 13.7. The summed E-state index contributed by atoms with van der Waals surface area (Å²) in [4.78, 5) is 5.68. The molecule has 1 N–H and O–H groups in total. The van der Waals surface area contributed by atoms with E-state index >= 15 is 0 Å². The Morgan fingerprint density at radius 3 is 3.00 bits per heavy atom. The summed E-state index contributed by atoms with van der Waals surface area (Å²) in [6.07, 6.45) is 8.76. The Balaban J connectivity index is 1.81. The van der Waals surface area contributed by atoms with Crippen molar-refractivity contribution in [3.8, 4) is 0 Å². The molecule has 0 aliphatic carbocycles. The monoisotopic (exact) mass is 279 g/mol. The van der Waals surface area contributed by atoms with E-state index in [9.17, 15) is 0 Å². The molecule has 0 aliphatic heterocycles. The van der Waals surface area contributed by atoms with Crippen LogP contribution in [0.25, 0.3) is 4.96 Å². The van der Waals surface area contributed by atoms with Gasteiger partial charge < -0.3 is 5.32 Å². The largest absolute Gasteiger partial charge is 0.309 e. The summed E-state index contributed by atoms with van der Waals surface area (Å²) in [5.41, 5.74) is 2.45. The Hall–Kier alpha value is -0.870. The van der Waals surface area contributed by atoms with Crippen LogP contribution in [-0.4, -0.2) is 15.4 Å². The summed E-state index contributed by atoms with van der Waals surface area (Å²) < 4.78 is 2.21. The zero-order valence-corrected chi connectivity index (χ0v) is 13.1. The summed E-state index contributed by atoms with van der Waals surface area (Å²) in [5, 5.41) is 5.73. The summed E-state index contributed by atoms with van der Waals surface area (Å²) in [5.74, 6) is 0. The lowest BCUT2D eigenvalue weighted by atomic mass is 10.1. The van der Waals surface area contributed by atoms with Crippen LogP contribution in [0.1, 0.15) is 57.3 Å². The molecule has 0 fully saturated rings. The van der Waals surface area contributed by atoms with Gasteiger partial charge in [0, 0.05) is 24.2 Å². The maximum atomic E-state index is 4.58. The molecule has 2 heterocycles. The smallest absolute Gasteiger partial charge is 0.194 e. The average Bonchev–Trinajstić information content (AvgIpc) is 2.93. The first-order valence-electron chi connectivity index (χ1n) is 7.36. The van der Waals surface area contributed by atoms with E-state index in [0.717, 1.165) is 17.2 Å².